The summed E-state index contributed by atoms with van der Waals surface area (Å²) in [5, 5.41) is 0. The van der Waals surface area contributed by atoms with Crippen LogP contribution in [0.4, 0.5) is 4.39 Å². The van der Waals surface area contributed by atoms with Crippen molar-refractivity contribution in [1.82, 2.24) is 0 Å². The van der Waals surface area contributed by atoms with E-state index in [1.807, 2.05) is 0 Å². The van der Waals surface area contributed by atoms with Crippen LogP contribution in [-0.2, 0) is 9.84 Å². The van der Waals surface area contributed by atoms with Gasteiger partial charge in [0, 0.05) is 12.1 Å². The van der Waals surface area contributed by atoms with E-state index in [0.717, 1.165) is 0 Å². The second kappa shape index (κ2) is 5.88. The Balaban J connectivity index is 1.83. The number of ether oxygens (including phenoxy) is 1. The van der Waals surface area contributed by atoms with Gasteiger partial charge in [0.2, 0.25) is 0 Å². The minimum Gasteiger partial charge on any atom is -0.492 e. The molecule has 0 aliphatic carbocycles. The number of benzene rings is 1. The van der Waals surface area contributed by atoms with Gasteiger partial charge in [-0.1, -0.05) is 6.07 Å². The first-order valence-electron chi connectivity index (χ1n) is 6.31. The molecule has 1 saturated heterocycles. The molecule has 0 radical (unpaired) electrons. The third-order valence-corrected chi connectivity index (χ3v) is 5.16. The molecule has 0 bridgehead atoms. The number of nitrogens with two attached hydrogens (primary N) is 1. The summed E-state index contributed by atoms with van der Waals surface area (Å²) in [6.45, 7) is 0.272. The molecular formula is C13H18FNO3S. The van der Waals surface area contributed by atoms with Gasteiger partial charge in [-0.25, -0.2) is 12.8 Å². The third-order valence-electron chi connectivity index (χ3n) is 3.44. The molecule has 1 fully saturated rings. The summed E-state index contributed by atoms with van der Waals surface area (Å²) in [6, 6.07) is 5.67. The van der Waals surface area contributed by atoms with Crippen molar-refractivity contribution in [3.63, 3.8) is 0 Å². The van der Waals surface area contributed by atoms with Crippen molar-refractivity contribution in [1.29, 1.82) is 0 Å². The SMILES string of the molecule is NC(COc1cccc(F)c1)C1CCS(=O)(=O)CC1. The molecule has 1 unspecified atom stereocenters. The highest BCUT2D eigenvalue weighted by molar-refractivity contribution is 7.91. The summed E-state index contributed by atoms with van der Waals surface area (Å²) < 4.78 is 41.0. The van der Waals surface area contributed by atoms with Gasteiger partial charge in [0.1, 0.15) is 28.0 Å². The van der Waals surface area contributed by atoms with Crippen molar-refractivity contribution in [2.24, 2.45) is 11.7 Å². The Morgan fingerprint density at radius 3 is 2.68 bits per heavy atom. The standard InChI is InChI=1S/C13H18FNO3S/c14-11-2-1-3-12(8-11)18-9-13(15)10-4-6-19(16,17)7-5-10/h1-3,8,10,13H,4-7,9,15H2. The number of halogens is 1. The van der Waals surface area contributed by atoms with Gasteiger partial charge in [0.05, 0.1) is 11.5 Å². The Morgan fingerprint density at radius 1 is 1.37 bits per heavy atom. The van der Waals surface area contributed by atoms with E-state index in [2.05, 4.69) is 0 Å². The van der Waals surface area contributed by atoms with E-state index in [1.165, 1.54) is 12.1 Å². The number of hydrogen-bond acceptors (Lipinski definition) is 4. The van der Waals surface area contributed by atoms with Crippen molar-refractivity contribution in [3.8, 4) is 5.75 Å². The Labute approximate surface area is 112 Å². The summed E-state index contributed by atoms with van der Waals surface area (Å²) in [5.74, 6) is 0.641. The molecule has 1 aromatic carbocycles. The van der Waals surface area contributed by atoms with E-state index in [9.17, 15) is 12.8 Å². The van der Waals surface area contributed by atoms with Crippen LogP contribution in [-0.4, -0.2) is 32.6 Å². The minimum absolute atomic E-state index is 0.150. The molecule has 0 aromatic heterocycles. The lowest BCUT2D eigenvalue weighted by molar-refractivity contribution is 0.236. The van der Waals surface area contributed by atoms with E-state index < -0.39 is 9.84 Å². The zero-order chi connectivity index (χ0) is 13.9. The van der Waals surface area contributed by atoms with E-state index in [0.29, 0.717) is 18.6 Å². The Kier molecular flexibility index (Phi) is 4.42. The number of rotatable bonds is 4. The zero-order valence-electron chi connectivity index (χ0n) is 10.6. The van der Waals surface area contributed by atoms with Crippen LogP contribution in [0.2, 0.25) is 0 Å². The van der Waals surface area contributed by atoms with Gasteiger partial charge in [0.25, 0.3) is 0 Å². The van der Waals surface area contributed by atoms with E-state index in [-0.39, 0.29) is 35.9 Å². The number of sulfone groups is 1. The van der Waals surface area contributed by atoms with Crippen molar-refractivity contribution >= 4 is 9.84 Å². The molecule has 1 aromatic rings. The fraction of sp³-hybridized carbons (Fsp3) is 0.538. The van der Waals surface area contributed by atoms with Crippen LogP contribution in [0.5, 0.6) is 5.75 Å². The third kappa shape index (κ3) is 4.18. The highest BCUT2D eigenvalue weighted by Gasteiger charge is 2.27. The van der Waals surface area contributed by atoms with Crippen LogP contribution in [0, 0.1) is 11.7 Å². The Morgan fingerprint density at radius 2 is 2.05 bits per heavy atom. The van der Waals surface area contributed by atoms with E-state index in [1.54, 1.807) is 12.1 Å². The van der Waals surface area contributed by atoms with Gasteiger partial charge in [-0.05, 0) is 30.9 Å². The molecule has 6 heteroatoms. The fourth-order valence-corrected chi connectivity index (χ4v) is 3.75. The van der Waals surface area contributed by atoms with Crippen LogP contribution in [0.15, 0.2) is 24.3 Å². The summed E-state index contributed by atoms with van der Waals surface area (Å²) in [4.78, 5) is 0. The first kappa shape index (κ1) is 14.3. The van der Waals surface area contributed by atoms with Crippen LogP contribution < -0.4 is 10.5 Å². The normalized spacial score (nSPS) is 20.9. The van der Waals surface area contributed by atoms with Crippen molar-refractivity contribution in [2.45, 2.75) is 18.9 Å². The average molecular weight is 287 g/mol. The van der Waals surface area contributed by atoms with E-state index in [4.69, 9.17) is 10.5 Å². The number of hydrogen-bond donors (Lipinski definition) is 1. The molecule has 4 nitrogen and oxygen atoms in total. The predicted molar refractivity (Wildman–Crippen MR) is 71.2 cm³/mol. The monoisotopic (exact) mass is 287 g/mol. The maximum Gasteiger partial charge on any atom is 0.150 e. The van der Waals surface area contributed by atoms with Crippen LogP contribution in [0.1, 0.15) is 12.8 Å². The zero-order valence-corrected chi connectivity index (χ0v) is 11.4. The van der Waals surface area contributed by atoms with Gasteiger partial charge in [-0.15, -0.1) is 0 Å². The molecular weight excluding hydrogens is 269 g/mol. The summed E-state index contributed by atoms with van der Waals surface area (Å²) in [5.41, 5.74) is 6.01. The average Bonchev–Trinajstić information content (AvgIpc) is 2.36. The molecule has 19 heavy (non-hydrogen) atoms. The Hall–Kier alpha value is -1.14. The first-order valence-corrected chi connectivity index (χ1v) is 8.13. The van der Waals surface area contributed by atoms with Crippen LogP contribution in [0.25, 0.3) is 0 Å². The highest BCUT2D eigenvalue weighted by atomic mass is 32.2. The first-order chi connectivity index (χ1) is 8.96. The molecule has 106 valence electrons. The van der Waals surface area contributed by atoms with Gasteiger partial charge in [-0.2, -0.15) is 0 Å². The largest absolute Gasteiger partial charge is 0.492 e. The topological polar surface area (TPSA) is 69.4 Å². The molecule has 1 atom stereocenters. The second-order valence-electron chi connectivity index (χ2n) is 4.92. The molecule has 2 rings (SSSR count). The molecule has 0 amide bonds. The molecule has 1 aliphatic rings. The highest BCUT2D eigenvalue weighted by Crippen LogP contribution is 2.22. The summed E-state index contributed by atoms with van der Waals surface area (Å²) in [6.07, 6.45) is 1.16. The minimum atomic E-state index is -2.87. The molecule has 1 aliphatic heterocycles. The van der Waals surface area contributed by atoms with Gasteiger partial charge in [0.15, 0.2) is 0 Å². The molecule has 1 heterocycles. The van der Waals surface area contributed by atoms with Crippen molar-refractivity contribution in [3.05, 3.63) is 30.1 Å². The van der Waals surface area contributed by atoms with Crippen molar-refractivity contribution in [2.75, 3.05) is 18.1 Å². The summed E-state index contributed by atoms with van der Waals surface area (Å²) >= 11 is 0. The smallest absolute Gasteiger partial charge is 0.150 e. The maximum atomic E-state index is 13.0. The van der Waals surface area contributed by atoms with Gasteiger partial charge >= 0.3 is 0 Å². The lowest BCUT2D eigenvalue weighted by Gasteiger charge is -2.27. The van der Waals surface area contributed by atoms with Crippen LogP contribution >= 0.6 is 0 Å². The molecule has 2 N–H and O–H groups in total. The Bertz CT molecular complexity index is 518. The van der Waals surface area contributed by atoms with Gasteiger partial charge < -0.3 is 10.5 Å². The van der Waals surface area contributed by atoms with Crippen LogP contribution in [0.3, 0.4) is 0 Å². The summed E-state index contributed by atoms with van der Waals surface area (Å²) in [7, 11) is -2.87. The van der Waals surface area contributed by atoms with Gasteiger partial charge in [-0.3, -0.25) is 0 Å². The van der Waals surface area contributed by atoms with Crippen molar-refractivity contribution < 1.29 is 17.5 Å². The lowest BCUT2D eigenvalue weighted by atomic mass is 9.95. The second-order valence-corrected chi connectivity index (χ2v) is 7.23. The fourth-order valence-electron chi connectivity index (χ4n) is 2.22. The predicted octanol–water partition coefficient (Wildman–Crippen LogP) is 1.36. The lowest BCUT2D eigenvalue weighted by Crippen LogP contribution is -2.40. The molecule has 0 saturated carbocycles. The maximum absolute atomic E-state index is 13.0. The molecule has 0 spiro atoms. The quantitative estimate of drug-likeness (QED) is 0.907. The van der Waals surface area contributed by atoms with E-state index >= 15 is 0 Å².